The third-order valence-corrected chi connectivity index (χ3v) is 3.92. The highest BCUT2D eigenvalue weighted by atomic mass is 16.5. The van der Waals surface area contributed by atoms with E-state index in [4.69, 9.17) is 4.74 Å². The maximum Gasteiger partial charge on any atom is 0.244 e. The monoisotopic (exact) mass is 349 g/mol. The predicted octanol–water partition coefficient (Wildman–Crippen LogP) is 3.76. The van der Waals surface area contributed by atoms with Crippen molar-refractivity contribution in [3.8, 4) is 5.75 Å². The van der Waals surface area contributed by atoms with Crippen LogP contribution in [0.4, 0.5) is 0 Å². The molecule has 1 amide bonds. The van der Waals surface area contributed by atoms with Crippen molar-refractivity contribution in [1.29, 1.82) is 0 Å². The number of carbonyl (C=O) groups excluding carboxylic acids is 1. The summed E-state index contributed by atoms with van der Waals surface area (Å²) >= 11 is 0. The summed E-state index contributed by atoms with van der Waals surface area (Å²) < 4.78 is 7.66. The first-order valence-corrected chi connectivity index (χ1v) is 8.68. The Kier molecular flexibility index (Phi) is 5.37. The molecule has 1 N–H and O–H groups in total. The van der Waals surface area contributed by atoms with E-state index < -0.39 is 0 Å². The largest absolute Gasteiger partial charge is 0.491 e. The Morgan fingerprint density at radius 3 is 2.92 bits per heavy atom. The van der Waals surface area contributed by atoms with Gasteiger partial charge in [0.25, 0.3) is 0 Å². The van der Waals surface area contributed by atoms with Gasteiger partial charge in [-0.25, -0.2) is 4.98 Å². The Morgan fingerprint density at radius 1 is 1.27 bits per heavy atom. The summed E-state index contributed by atoms with van der Waals surface area (Å²) in [6.45, 7) is 6.34. The average molecular weight is 349 g/mol. The molecule has 0 saturated heterocycles. The fourth-order valence-electron chi connectivity index (χ4n) is 2.74. The van der Waals surface area contributed by atoms with Crippen LogP contribution in [0.1, 0.15) is 30.8 Å². The Bertz CT molecular complexity index is 941. The Balaban J connectivity index is 1.64. The molecule has 0 unspecified atom stereocenters. The van der Waals surface area contributed by atoms with Gasteiger partial charge in [0.2, 0.25) is 5.91 Å². The van der Waals surface area contributed by atoms with Gasteiger partial charge in [-0.1, -0.05) is 18.2 Å². The van der Waals surface area contributed by atoms with E-state index in [1.54, 1.807) is 6.08 Å². The highest BCUT2D eigenvalue weighted by Crippen LogP contribution is 2.16. The van der Waals surface area contributed by atoms with Crippen LogP contribution in [-0.4, -0.2) is 21.4 Å². The third-order valence-electron chi connectivity index (χ3n) is 3.92. The standard InChI is InChI=1S/C21H23N3O2/c1-15(2)26-18-8-6-7-17(13-18)10-11-21(25)22-14-19-16(3)23-20-9-4-5-12-24(19)20/h4-13,15H,14H2,1-3H3,(H,22,25)/b11-10+. The number of imidazole rings is 1. The third kappa shape index (κ3) is 4.30. The van der Waals surface area contributed by atoms with Crippen LogP contribution in [-0.2, 0) is 11.3 Å². The lowest BCUT2D eigenvalue weighted by molar-refractivity contribution is -0.116. The van der Waals surface area contributed by atoms with Gasteiger partial charge in [0.1, 0.15) is 11.4 Å². The Labute approximate surface area is 153 Å². The van der Waals surface area contributed by atoms with Crippen LogP contribution in [0.15, 0.2) is 54.7 Å². The van der Waals surface area contributed by atoms with Gasteiger partial charge in [-0.15, -0.1) is 0 Å². The zero-order valence-corrected chi connectivity index (χ0v) is 15.3. The SMILES string of the molecule is Cc1nc2ccccn2c1CNC(=O)/C=C/c1cccc(OC(C)C)c1. The number of pyridine rings is 1. The summed E-state index contributed by atoms with van der Waals surface area (Å²) in [7, 11) is 0. The van der Waals surface area contributed by atoms with Crippen molar-refractivity contribution >= 4 is 17.6 Å². The number of nitrogens with one attached hydrogen (secondary N) is 1. The molecule has 2 heterocycles. The second-order valence-electron chi connectivity index (χ2n) is 6.36. The molecule has 3 rings (SSSR count). The summed E-state index contributed by atoms with van der Waals surface area (Å²) in [5.74, 6) is 0.648. The number of ether oxygens (including phenoxy) is 1. The fraction of sp³-hybridized carbons (Fsp3) is 0.238. The molecule has 0 aliphatic rings. The molecule has 0 atom stereocenters. The minimum atomic E-state index is -0.148. The average Bonchev–Trinajstić information content (AvgIpc) is 2.93. The maximum absolute atomic E-state index is 12.2. The molecule has 0 aliphatic carbocycles. The maximum atomic E-state index is 12.2. The molecule has 0 aliphatic heterocycles. The molecule has 3 aromatic rings. The quantitative estimate of drug-likeness (QED) is 0.690. The van der Waals surface area contributed by atoms with Gasteiger partial charge in [-0.2, -0.15) is 0 Å². The number of benzene rings is 1. The molecular weight excluding hydrogens is 326 g/mol. The van der Waals surface area contributed by atoms with Crippen LogP contribution in [0.3, 0.4) is 0 Å². The summed E-state index contributed by atoms with van der Waals surface area (Å²) in [5, 5.41) is 2.92. The fourth-order valence-corrected chi connectivity index (χ4v) is 2.74. The summed E-state index contributed by atoms with van der Waals surface area (Å²) in [5.41, 5.74) is 3.70. The highest BCUT2D eigenvalue weighted by molar-refractivity contribution is 5.91. The van der Waals surface area contributed by atoms with E-state index in [1.165, 1.54) is 6.08 Å². The number of fused-ring (bicyclic) bond motifs is 1. The van der Waals surface area contributed by atoms with E-state index >= 15 is 0 Å². The van der Waals surface area contributed by atoms with E-state index in [-0.39, 0.29) is 12.0 Å². The first-order chi connectivity index (χ1) is 12.5. The van der Waals surface area contributed by atoms with Crippen LogP contribution < -0.4 is 10.1 Å². The predicted molar refractivity (Wildman–Crippen MR) is 103 cm³/mol. The Hall–Kier alpha value is -3.08. The molecule has 0 bridgehead atoms. The molecule has 5 heteroatoms. The molecule has 5 nitrogen and oxygen atoms in total. The van der Waals surface area contributed by atoms with Crippen molar-refractivity contribution in [2.45, 2.75) is 33.4 Å². The van der Waals surface area contributed by atoms with Crippen molar-refractivity contribution < 1.29 is 9.53 Å². The van der Waals surface area contributed by atoms with Crippen LogP contribution in [0.2, 0.25) is 0 Å². The molecule has 0 fully saturated rings. The van der Waals surface area contributed by atoms with E-state index in [9.17, 15) is 4.79 Å². The van der Waals surface area contributed by atoms with Crippen molar-refractivity contribution in [2.75, 3.05) is 0 Å². The molecule has 2 aromatic heterocycles. The number of rotatable bonds is 6. The normalized spacial score (nSPS) is 11.4. The van der Waals surface area contributed by atoms with E-state index in [0.717, 1.165) is 28.3 Å². The number of amides is 1. The van der Waals surface area contributed by atoms with Crippen molar-refractivity contribution in [3.05, 3.63) is 71.7 Å². The summed E-state index contributed by atoms with van der Waals surface area (Å²) in [6.07, 6.45) is 5.38. The molecule has 0 saturated carbocycles. The molecule has 26 heavy (non-hydrogen) atoms. The lowest BCUT2D eigenvalue weighted by Crippen LogP contribution is -2.21. The number of hydrogen-bond donors (Lipinski definition) is 1. The Morgan fingerprint density at radius 2 is 2.12 bits per heavy atom. The first-order valence-electron chi connectivity index (χ1n) is 8.68. The topological polar surface area (TPSA) is 55.6 Å². The molecule has 134 valence electrons. The van der Waals surface area contributed by atoms with Gasteiger partial charge >= 0.3 is 0 Å². The highest BCUT2D eigenvalue weighted by Gasteiger charge is 2.08. The van der Waals surface area contributed by atoms with Gasteiger partial charge in [0.05, 0.1) is 24.0 Å². The summed E-state index contributed by atoms with van der Waals surface area (Å²) in [4.78, 5) is 16.7. The zero-order valence-electron chi connectivity index (χ0n) is 15.3. The van der Waals surface area contributed by atoms with Crippen LogP contribution in [0.5, 0.6) is 5.75 Å². The van der Waals surface area contributed by atoms with Gasteiger partial charge in [0.15, 0.2) is 0 Å². The molecule has 0 radical (unpaired) electrons. The van der Waals surface area contributed by atoms with E-state index in [1.807, 2.05) is 73.8 Å². The van der Waals surface area contributed by atoms with Crippen LogP contribution in [0, 0.1) is 6.92 Å². The lowest BCUT2D eigenvalue weighted by Gasteiger charge is -2.09. The van der Waals surface area contributed by atoms with Gasteiger partial charge in [-0.05, 0) is 56.7 Å². The number of aromatic nitrogens is 2. The second kappa shape index (κ2) is 7.87. The van der Waals surface area contributed by atoms with Crippen molar-refractivity contribution in [1.82, 2.24) is 14.7 Å². The number of carbonyl (C=O) groups is 1. The van der Waals surface area contributed by atoms with E-state index in [0.29, 0.717) is 6.54 Å². The second-order valence-corrected chi connectivity index (χ2v) is 6.36. The van der Waals surface area contributed by atoms with Gasteiger partial charge < -0.3 is 14.5 Å². The van der Waals surface area contributed by atoms with Gasteiger partial charge in [0, 0.05) is 12.3 Å². The number of nitrogens with zero attached hydrogens (tertiary/aromatic N) is 2. The zero-order chi connectivity index (χ0) is 18.5. The van der Waals surface area contributed by atoms with Crippen molar-refractivity contribution in [2.24, 2.45) is 0 Å². The summed E-state index contributed by atoms with van der Waals surface area (Å²) in [6, 6.07) is 13.5. The van der Waals surface area contributed by atoms with Crippen LogP contribution >= 0.6 is 0 Å². The van der Waals surface area contributed by atoms with Crippen LogP contribution in [0.25, 0.3) is 11.7 Å². The molecule has 0 spiro atoms. The smallest absolute Gasteiger partial charge is 0.244 e. The molecular formula is C21H23N3O2. The minimum Gasteiger partial charge on any atom is -0.491 e. The first kappa shape index (κ1) is 17.7. The van der Waals surface area contributed by atoms with Crippen molar-refractivity contribution in [3.63, 3.8) is 0 Å². The lowest BCUT2D eigenvalue weighted by atomic mass is 10.2. The number of hydrogen-bond acceptors (Lipinski definition) is 3. The number of aryl methyl sites for hydroxylation is 1. The minimum absolute atomic E-state index is 0.117. The molecule has 1 aromatic carbocycles. The van der Waals surface area contributed by atoms with Gasteiger partial charge in [-0.3, -0.25) is 4.79 Å². The van der Waals surface area contributed by atoms with E-state index in [2.05, 4.69) is 10.3 Å².